The Balaban J connectivity index is 2.13. The molecule has 4 heteroatoms. The Morgan fingerprint density at radius 3 is 3.20 bits per heavy atom. The number of pyridine rings is 1. The molecule has 2 aromatic rings. The summed E-state index contributed by atoms with van der Waals surface area (Å²) in [5, 5.41) is 1.99. The maximum absolute atomic E-state index is 11.3. The highest BCUT2D eigenvalue weighted by molar-refractivity contribution is 7.13. The van der Waals surface area contributed by atoms with Gasteiger partial charge in [-0.1, -0.05) is 6.07 Å². The van der Waals surface area contributed by atoms with Crippen LogP contribution in [0.25, 0.3) is 10.6 Å². The number of thiophene rings is 1. The summed E-state index contributed by atoms with van der Waals surface area (Å²) in [7, 11) is 0. The average molecular weight is 217 g/mol. The minimum atomic E-state index is -0.245. The zero-order chi connectivity index (χ0) is 10.3. The first-order valence-electron chi connectivity index (χ1n) is 4.54. The van der Waals surface area contributed by atoms with Crippen LogP contribution in [0.4, 0.5) is 0 Å². The van der Waals surface area contributed by atoms with Crippen LogP contribution >= 0.6 is 11.3 Å². The fourth-order valence-electron chi connectivity index (χ4n) is 1.57. The van der Waals surface area contributed by atoms with Gasteiger partial charge in [0.2, 0.25) is 0 Å². The fourth-order valence-corrected chi connectivity index (χ4v) is 2.26. The van der Waals surface area contributed by atoms with Gasteiger partial charge in [-0.25, -0.2) is 4.79 Å². The van der Waals surface area contributed by atoms with E-state index in [9.17, 15) is 4.79 Å². The first-order chi connectivity index (χ1) is 7.34. The number of carbonyl (C=O) groups excluding carboxylic acids is 1. The Kier molecular flexibility index (Phi) is 1.82. The molecule has 15 heavy (non-hydrogen) atoms. The lowest BCUT2D eigenvalue weighted by atomic mass is 10.1. The lowest BCUT2D eigenvalue weighted by Gasteiger charge is -1.98. The number of carbonyl (C=O) groups is 1. The highest BCUT2D eigenvalue weighted by Crippen LogP contribution is 2.27. The number of aromatic nitrogens is 1. The number of fused-ring (bicyclic) bond motifs is 1. The van der Waals surface area contributed by atoms with Gasteiger partial charge in [-0.2, -0.15) is 0 Å². The van der Waals surface area contributed by atoms with E-state index < -0.39 is 0 Å². The molecule has 1 aliphatic rings. The zero-order valence-corrected chi connectivity index (χ0v) is 8.58. The van der Waals surface area contributed by atoms with E-state index in [1.807, 2.05) is 17.5 Å². The lowest BCUT2D eigenvalue weighted by molar-refractivity contribution is 0.0535. The van der Waals surface area contributed by atoms with Crippen LogP contribution in [0, 0.1) is 0 Å². The molecule has 0 N–H and O–H groups in total. The predicted octanol–water partition coefficient (Wildman–Crippen LogP) is 2.48. The first kappa shape index (κ1) is 8.61. The Morgan fingerprint density at radius 2 is 2.40 bits per heavy atom. The second-order valence-electron chi connectivity index (χ2n) is 3.28. The van der Waals surface area contributed by atoms with E-state index in [1.54, 1.807) is 23.6 Å². The molecule has 3 heterocycles. The summed E-state index contributed by atoms with van der Waals surface area (Å²) in [4.78, 5) is 16.7. The molecule has 0 saturated carbocycles. The number of nitrogens with zero attached hydrogens (tertiary/aromatic N) is 1. The van der Waals surface area contributed by atoms with E-state index in [0.29, 0.717) is 12.2 Å². The molecular weight excluding hydrogens is 210 g/mol. The summed E-state index contributed by atoms with van der Waals surface area (Å²) < 4.78 is 4.92. The molecule has 0 amide bonds. The van der Waals surface area contributed by atoms with E-state index in [4.69, 9.17) is 4.74 Å². The zero-order valence-electron chi connectivity index (χ0n) is 7.77. The number of esters is 1. The van der Waals surface area contributed by atoms with Crippen LogP contribution in [-0.2, 0) is 11.3 Å². The normalized spacial score (nSPS) is 13.7. The smallest absolute Gasteiger partial charge is 0.339 e. The van der Waals surface area contributed by atoms with Crippen LogP contribution in [0.15, 0.2) is 29.8 Å². The van der Waals surface area contributed by atoms with Crippen LogP contribution in [0.3, 0.4) is 0 Å². The predicted molar refractivity (Wildman–Crippen MR) is 56.7 cm³/mol. The maximum Gasteiger partial charge on any atom is 0.339 e. The number of hydrogen-bond donors (Lipinski definition) is 0. The molecule has 3 rings (SSSR count). The molecule has 2 aromatic heterocycles. The molecule has 0 spiro atoms. The topological polar surface area (TPSA) is 39.2 Å². The Hall–Kier alpha value is -1.68. The van der Waals surface area contributed by atoms with Gasteiger partial charge in [0.25, 0.3) is 0 Å². The van der Waals surface area contributed by atoms with E-state index in [0.717, 1.165) is 16.1 Å². The molecule has 1 aliphatic heterocycles. The highest BCUT2D eigenvalue weighted by Gasteiger charge is 2.22. The maximum atomic E-state index is 11.3. The van der Waals surface area contributed by atoms with Crippen molar-refractivity contribution in [1.29, 1.82) is 0 Å². The fraction of sp³-hybridized carbons (Fsp3) is 0.0909. The quantitative estimate of drug-likeness (QED) is 0.689. The van der Waals surface area contributed by atoms with Gasteiger partial charge in [0, 0.05) is 11.8 Å². The third-order valence-electron chi connectivity index (χ3n) is 2.34. The standard InChI is InChI=1S/C11H7NO2S/c13-11-8-4-9(10-2-1-3-15-10)12-5-7(8)6-14-11/h1-5H,6H2. The molecule has 0 bridgehead atoms. The van der Waals surface area contributed by atoms with Crippen molar-refractivity contribution in [3.05, 3.63) is 40.9 Å². The summed E-state index contributed by atoms with van der Waals surface area (Å²) in [5.41, 5.74) is 2.36. The van der Waals surface area contributed by atoms with Gasteiger partial charge in [-0.3, -0.25) is 4.98 Å². The molecule has 0 saturated heterocycles. The molecule has 0 unspecified atom stereocenters. The molecule has 0 aromatic carbocycles. The van der Waals surface area contributed by atoms with Gasteiger partial charge in [-0.05, 0) is 17.5 Å². The molecule has 0 aliphatic carbocycles. The molecule has 0 radical (unpaired) electrons. The van der Waals surface area contributed by atoms with E-state index >= 15 is 0 Å². The van der Waals surface area contributed by atoms with Gasteiger partial charge in [0.05, 0.1) is 16.1 Å². The van der Waals surface area contributed by atoms with E-state index in [-0.39, 0.29) is 5.97 Å². The second-order valence-corrected chi connectivity index (χ2v) is 4.23. The minimum Gasteiger partial charge on any atom is -0.457 e. The van der Waals surface area contributed by atoms with Gasteiger partial charge >= 0.3 is 5.97 Å². The van der Waals surface area contributed by atoms with Crippen LogP contribution < -0.4 is 0 Å². The van der Waals surface area contributed by atoms with Crippen molar-refractivity contribution in [2.45, 2.75) is 6.61 Å². The van der Waals surface area contributed by atoms with Gasteiger partial charge < -0.3 is 4.74 Å². The third-order valence-corrected chi connectivity index (χ3v) is 3.23. The number of hydrogen-bond acceptors (Lipinski definition) is 4. The van der Waals surface area contributed by atoms with Crippen LogP contribution in [0.5, 0.6) is 0 Å². The summed E-state index contributed by atoms with van der Waals surface area (Å²) in [6, 6.07) is 5.75. The van der Waals surface area contributed by atoms with Crippen molar-refractivity contribution in [2.24, 2.45) is 0 Å². The van der Waals surface area contributed by atoms with Crippen molar-refractivity contribution in [3.8, 4) is 10.6 Å². The molecule has 3 nitrogen and oxygen atoms in total. The summed E-state index contributed by atoms with van der Waals surface area (Å²) in [6.45, 7) is 0.353. The Bertz CT molecular complexity index is 519. The monoisotopic (exact) mass is 217 g/mol. The van der Waals surface area contributed by atoms with Crippen molar-refractivity contribution >= 4 is 17.3 Å². The highest BCUT2D eigenvalue weighted by atomic mass is 32.1. The van der Waals surface area contributed by atoms with Crippen molar-refractivity contribution in [3.63, 3.8) is 0 Å². The van der Waals surface area contributed by atoms with Crippen molar-refractivity contribution in [1.82, 2.24) is 4.98 Å². The molecule has 74 valence electrons. The minimum absolute atomic E-state index is 0.245. The van der Waals surface area contributed by atoms with E-state index in [2.05, 4.69) is 4.98 Å². The van der Waals surface area contributed by atoms with E-state index in [1.165, 1.54) is 0 Å². The van der Waals surface area contributed by atoms with Gasteiger partial charge in [0.15, 0.2) is 0 Å². The SMILES string of the molecule is O=C1OCc2cnc(-c3cccs3)cc21. The third kappa shape index (κ3) is 1.34. The largest absolute Gasteiger partial charge is 0.457 e. The number of ether oxygens (including phenoxy) is 1. The van der Waals surface area contributed by atoms with Gasteiger partial charge in [-0.15, -0.1) is 11.3 Å². The summed E-state index contributed by atoms with van der Waals surface area (Å²) in [5.74, 6) is -0.245. The lowest BCUT2D eigenvalue weighted by Crippen LogP contribution is -1.94. The number of rotatable bonds is 1. The molecule has 0 atom stereocenters. The van der Waals surface area contributed by atoms with Gasteiger partial charge in [0.1, 0.15) is 6.61 Å². The Morgan fingerprint density at radius 1 is 1.47 bits per heavy atom. The molecule has 0 fully saturated rings. The van der Waals surface area contributed by atoms with Crippen molar-refractivity contribution < 1.29 is 9.53 Å². The first-order valence-corrected chi connectivity index (χ1v) is 5.42. The van der Waals surface area contributed by atoms with Crippen LogP contribution in [0.2, 0.25) is 0 Å². The van der Waals surface area contributed by atoms with Crippen molar-refractivity contribution in [2.75, 3.05) is 0 Å². The average Bonchev–Trinajstić information content (AvgIpc) is 2.88. The molecular formula is C11H7NO2S. The Labute approximate surface area is 90.3 Å². The second kappa shape index (κ2) is 3.17. The van der Waals surface area contributed by atoms with Crippen LogP contribution in [-0.4, -0.2) is 11.0 Å². The summed E-state index contributed by atoms with van der Waals surface area (Å²) in [6.07, 6.45) is 1.72. The summed E-state index contributed by atoms with van der Waals surface area (Å²) >= 11 is 1.61. The number of cyclic esters (lactones) is 1. The van der Waals surface area contributed by atoms with Crippen LogP contribution in [0.1, 0.15) is 15.9 Å².